The highest BCUT2D eigenvalue weighted by Crippen LogP contribution is 2.35. The van der Waals surface area contributed by atoms with Crippen LogP contribution in [0.3, 0.4) is 0 Å². The van der Waals surface area contributed by atoms with E-state index in [2.05, 4.69) is 10.3 Å². The van der Waals surface area contributed by atoms with Crippen molar-refractivity contribution in [3.8, 4) is 11.5 Å². The Morgan fingerprint density at radius 2 is 1.70 bits per heavy atom. The maximum Gasteiger partial charge on any atom is 0.278 e. The summed E-state index contributed by atoms with van der Waals surface area (Å²) in [5, 5.41) is 3.16. The third kappa shape index (κ3) is 4.30. The summed E-state index contributed by atoms with van der Waals surface area (Å²) in [5.74, 6) is 0.312. The number of nitrogens with one attached hydrogen (secondary N) is 1. The molecule has 2 heterocycles. The fourth-order valence-electron chi connectivity index (χ4n) is 3.89. The van der Waals surface area contributed by atoms with Crippen molar-refractivity contribution in [3.63, 3.8) is 0 Å². The first-order chi connectivity index (χ1) is 15.9. The van der Waals surface area contributed by atoms with E-state index in [0.29, 0.717) is 34.0 Å². The van der Waals surface area contributed by atoms with Crippen LogP contribution in [0.2, 0.25) is 0 Å². The number of methoxy groups -OCH3 is 2. The summed E-state index contributed by atoms with van der Waals surface area (Å²) in [6.07, 6.45) is 1.64. The molecule has 7 heteroatoms. The van der Waals surface area contributed by atoms with Crippen molar-refractivity contribution in [2.24, 2.45) is 0 Å². The van der Waals surface area contributed by atoms with Crippen LogP contribution in [-0.2, 0) is 16.1 Å². The van der Waals surface area contributed by atoms with Crippen LogP contribution in [0, 0.1) is 13.8 Å². The number of pyridine rings is 1. The van der Waals surface area contributed by atoms with E-state index in [9.17, 15) is 9.59 Å². The molecule has 0 saturated carbocycles. The van der Waals surface area contributed by atoms with Gasteiger partial charge in [-0.05, 0) is 49.2 Å². The van der Waals surface area contributed by atoms with E-state index < -0.39 is 5.91 Å². The standard InChI is InChI=1S/C26H25N3O4/c1-16-8-10-20(17(2)13-16)23-24(28-18-9-11-21(32-3)22(14-18)33-4)26(31)29(25(23)30)15-19-7-5-6-12-27-19/h5-14,28H,15H2,1-4H3. The van der Waals surface area contributed by atoms with Gasteiger partial charge >= 0.3 is 0 Å². The maximum absolute atomic E-state index is 13.5. The van der Waals surface area contributed by atoms with Crippen molar-refractivity contribution < 1.29 is 19.1 Å². The number of rotatable bonds is 7. The molecule has 1 aliphatic rings. The fraction of sp³-hybridized carbons (Fsp3) is 0.192. The zero-order chi connectivity index (χ0) is 23.5. The lowest BCUT2D eigenvalue weighted by molar-refractivity contribution is -0.137. The van der Waals surface area contributed by atoms with Crippen LogP contribution >= 0.6 is 0 Å². The monoisotopic (exact) mass is 443 g/mol. The number of aromatic nitrogens is 1. The van der Waals surface area contributed by atoms with Crippen LogP contribution in [0.25, 0.3) is 5.57 Å². The lowest BCUT2D eigenvalue weighted by Gasteiger charge is -2.15. The Kier molecular flexibility index (Phi) is 6.13. The molecule has 0 unspecified atom stereocenters. The number of imide groups is 1. The van der Waals surface area contributed by atoms with Gasteiger partial charge < -0.3 is 14.8 Å². The van der Waals surface area contributed by atoms with Gasteiger partial charge in [-0.15, -0.1) is 0 Å². The lowest BCUT2D eigenvalue weighted by Crippen LogP contribution is -2.32. The predicted molar refractivity (Wildman–Crippen MR) is 126 cm³/mol. The Morgan fingerprint density at radius 3 is 2.36 bits per heavy atom. The van der Waals surface area contributed by atoms with E-state index in [1.54, 1.807) is 50.7 Å². The Morgan fingerprint density at radius 1 is 0.909 bits per heavy atom. The molecule has 1 N–H and O–H groups in total. The fourth-order valence-corrected chi connectivity index (χ4v) is 3.89. The smallest absolute Gasteiger partial charge is 0.278 e. The molecule has 0 saturated heterocycles. The SMILES string of the molecule is COc1ccc(NC2=C(c3ccc(C)cc3C)C(=O)N(Cc3ccccn3)C2=O)cc1OC. The van der Waals surface area contributed by atoms with E-state index in [1.165, 1.54) is 4.90 Å². The van der Waals surface area contributed by atoms with Crippen LogP contribution in [0.15, 0.2) is 66.5 Å². The largest absolute Gasteiger partial charge is 0.493 e. The van der Waals surface area contributed by atoms with E-state index in [0.717, 1.165) is 11.1 Å². The Hall–Kier alpha value is -4.13. The second kappa shape index (κ2) is 9.16. The summed E-state index contributed by atoms with van der Waals surface area (Å²) in [4.78, 5) is 32.5. The topological polar surface area (TPSA) is 80.8 Å². The first-order valence-corrected chi connectivity index (χ1v) is 10.5. The number of hydrogen-bond acceptors (Lipinski definition) is 6. The average molecular weight is 444 g/mol. The number of carbonyl (C=O) groups is 2. The van der Waals surface area contributed by atoms with Crippen LogP contribution in [0.5, 0.6) is 11.5 Å². The van der Waals surface area contributed by atoms with Gasteiger partial charge in [-0.25, -0.2) is 0 Å². The molecule has 0 fully saturated rings. The zero-order valence-electron chi connectivity index (χ0n) is 19.0. The summed E-state index contributed by atoms with van der Waals surface area (Å²) in [7, 11) is 3.10. The average Bonchev–Trinajstić information content (AvgIpc) is 3.04. The van der Waals surface area contributed by atoms with Gasteiger partial charge in [0.15, 0.2) is 11.5 Å². The van der Waals surface area contributed by atoms with E-state index >= 15 is 0 Å². The van der Waals surface area contributed by atoms with Gasteiger partial charge in [-0.3, -0.25) is 19.5 Å². The van der Waals surface area contributed by atoms with Crippen LogP contribution in [0.1, 0.15) is 22.4 Å². The number of anilines is 1. The first-order valence-electron chi connectivity index (χ1n) is 10.5. The number of benzene rings is 2. The maximum atomic E-state index is 13.5. The first kappa shape index (κ1) is 22.1. The van der Waals surface area contributed by atoms with Gasteiger partial charge in [0, 0.05) is 18.0 Å². The third-order valence-electron chi connectivity index (χ3n) is 5.52. The molecule has 1 aromatic heterocycles. The molecule has 0 radical (unpaired) electrons. The van der Waals surface area contributed by atoms with E-state index in [-0.39, 0.29) is 18.1 Å². The van der Waals surface area contributed by atoms with Gasteiger partial charge in [0.05, 0.1) is 32.0 Å². The number of nitrogens with zero attached hydrogens (tertiary/aromatic N) is 2. The normalized spacial score (nSPS) is 13.5. The van der Waals surface area contributed by atoms with E-state index in [4.69, 9.17) is 9.47 Å². The third-order valence-corrected chi connectivity index (χ3v) is 5.52. The molecule has 0 bridgehead atoms. The van der Waals surface area contributed by atoms with Gasteiger partial charge in [-0.1, -0.05) is 29.8 Å². The number of amides is 2. The number of carbonyl (C=O) groups excluding carboxylic acids is 2. The molecule has 1 aliphatic heterocycles. The van der Waals surface area contributed by atoms with Crippen LogP contribution < -0.4 is 14.8 Å². The minimum Gasteiger partial charge on any atom is -0.493 e. The Balaban J connectivity index is 1.78. The molecule has 4 rings (SSSR count). The molecule has 168 valence electrons. The summed E-state index contributed by atoms with van der Waals surface area (Å²) in [5.41, 5.74) is 4.49. The minimum atomic E-state index is -0.407. The van der Waals surface area contributed by atoms with E-state index in [1.807, 2.05) is 38.1 Å². The Bertz CT molecular complexity index is 1250. The van der Waals surface area contributed by atoms with Gasteiger partial charge in [0.25, 0.3) is 11.8 Å². The second-order valence-electron chi connectivity index (χ2n) is 7.78. The van der Waals surface area contributed by atoms with Crippen molar-refractivity contribution >= 4 is 23.1 Å². The molecule has 7 nitrogen and oxygen atoms in total. The second-order valence-corrected chi connectivity index (χ2v) is 7.78. The molecular formula is C26H25N3O4. The minimum absolute atomic E-state index is 0.0873. The highest BCUT2D eigenvalue weighted by Gasteiger charge is 2.40. The zero-order valence-corrected chi connectivity index (χ0v) is 19.0. The van der Waals surface area contributed by atoms with Crippen molar-refractivity contribution in [3.05, 3.63) is 88.9 Å². The summed E-state index contributed by atoms with van der Waals surface area (Å²) in [6, 6.07) is 16.5. The molecular weight excluding hydrogens is 418 g/mol. The molecule has 2 aromatic carbocycles. The van der Waals surface area contributed by atoms with Crippen LogP contribution in [-0.4, -0.2) is 35.9 Å². The highest BCUT2D eigenvalue weighted by atomic mass is 16.5. The summed E-state index contributed by atoms with van der Waals surface area (Å²) < 4.78 is 10.7. The van der Waals surface area contributed by atoms with Crippen molar-refractivity contribution in [2.45, 2.75) is 20.4 Å². The van der Waals surface area contributed by atoms with Crippen LogP contribution in [0.4, 0.5) is 5.69 Å². The van der Waals surface area contributed by atoms with Gasteiger partial charge in [-0.2, -0.15) is 0 Å². The molecule has 0 atom stereocenters. The molecule has 0 spiro atoms. The number of ether oxygens (including phenoxy) is 2. The number of hydrogen-bond donors (Lipinski definition) is 1. The summed E-state index contributed by atoms with van der Waals surface area (Å²) >= 11 is 0. The predicted octanol–water partition coefficient (Wildman–Crippen LogP) is 4.11. The van der Waals surface area contributed by atoms with Gasteiger partial charge in [0.1, 0.15) is 5.70 Å². The quantitative estimate of drug-likeness (QED) is 0.554. The molecule has 3 aromatic rings. The van der Waals surface area contributed by atoms with Crippen molar-refractivity contribution in [1.82, 2.24) is 9.88 Å². The highest BCUT2D eigenvalue weighted by molar-refractivity contribution is 6.36. The summed E-state index contributed by atoms with van der Waals surface area (Å²) in [6.45, 7) is 4.01. The van der Waals surface area contributed by atoms with Crippen molar-refractivity contribution in [1.29, 1.82) is 0 Å². The molecule has 0 aliphatic carbocycles. The Labute approximate surface area is 192 Å². The number of aryl methyl sites for hydroxylation is 2. The van der Waals surface area contributed by atoms with Gasteiger partial charge in [0.2, 0.25) is 0 Å². The molecule has 2 amide bonds. The molecule has 33 heavy (non-hydrogen) atoms. The van der Waals surface area contributed by atoms with Crippen molar-refractivity contribution in [2.75, 3.05) is 19.5 Å². The lowest BCUT2D eigenvalue weighted by atomic mass is 9.97.